The van der Waals surface area contributed by atoms with Crippen molar-refractivity contribution >= 4 is 39.2 Å². The zero-order valence-electron chi connectivity index (χ0n) is 16.7. The molecule has 3 rings (SSSR count). The van der Waals surface area contributed by atoms with Crippen molar-refractivity contribution in [1.82, 2.24) is 15.3 Å². The fourth-order valence-electron chi connectivity index (χ4n) is 2.96. The van der Waals surface area contributed by atoms with Crippen LogP contribution in [0.2, 0.25) is 0 Å². The Bertz CT molecular complexity index is 1060. The minimum Gasteiger partial charge on any atom is -0.508 e. The average molecular weight is 432 g/mol. The van der Waals surface area contributed by atoms with Crippen LogP contribution in [0.5, 0.6) is 5.75 Å². The molecule has 0 aliphatic heterocycles. The van der Waals surface area contributed by atoms with Gasteiger partial charge in [-0.1, -0.05) is 12.1 Å². The minimum absolute atomic E-state index is 0.0213. The number of aromatic amines is 1. The van der Waals surface area contributed by atoms with E-state index in [-0.39, 0.29) is 22.5 Å². The first kappa shape index (κ1) is 21.4. The van der Waals surface area contributed by atoms with Crippen molar-refractivity contribution in [3.8, 4) is 5.75 Å². The number of aryl methyl sites for hydroxylation is 3. The van der Waals surface area contributed by atoms with E-state index in [0.29, 0.717) is 23.5 Å². The molecular weight excluding hydrogens is 406 g/mol. The lowest BCUT2D eigenvalue weighted by Crippen LogP contribution is -2.32. The molecule has 0 saturated carbocycles. The maximum atomic E-state index is 12.3. The summed E-state index contributed by atoms with van der Waals surface area (Å²) in [6.45, 7) is 6.38. The fraction of sp³-hybridized carbons (Fsp3) is 0.381. The van der Waals surface area contributed by atoms with Crippen LogP contribution < -0.4 is 10.9 Å². The molecule has 0 aliphatic carbocycles. The van der Waals surface area contributed by atoms with E-state index < -0.39 is 0 Å². The molecule has 2 heterocycles. The van der Waals surface area contributed by atoms with Crippen LogP contribution >= 0.6 is 23.1 Å². The highest BCUT2D eigenvalue weighted by Gasteiger charge is 2.15. The second-order valence-corrected chi connectivity index (χ2v) is 9.52. The van der Waals surface area contributed by atoms with E-state index in [4.69, 9.17) is 0 Å². The Labute approximate surface area is 177 Å². The molecular formula is C21H25N3O3S2. The Kier molecular flexibility index (Phi) is 6.97. The smallest absolute Gasteiger partial charge is 0.259 e. The molecule has 154 valence electrons. The van der Waals surface area contributed by atoms with Crippen molar-refractivity contribution in [3.05, 3.63) is 56.4 Å². The molecule has 1 unspecified atom stereocenters. The summed E-state index contributed by atoms with van der Waals surface area (Å²) in [4.78, 5) is 33.9. The van der Waals surface area contributed by atoms with Gasteiger partial charge in [0.15, 0.2) is 0 Å². The van der Waals surface area contributed by atoms with Gasteiger partial charge < -0.3 is 15.4 Å². The molecule has 6 nitrogen and oxygen atoms in total. The van der Waals surface area contributed by atoms with Crippen LogP contribution in [-0.2, 0) is 17.0 Å². The highest BCUT2D eigenvalue weighted by Crippen LogP contribution is 2.26. The number of hydrogen-bond acceptors (Lipinski definition) is 6. The number of benzene rings is 1. The van der Waals surface area contributed by atoms with Gasteiger partial charge in [-0.3, -0.25) is 9.59 Å². The zero-order valence-corrected chi connectivity index (χ0v) is 18.4. The molecule has 0 spiro atoms. The number of nitrogens with one attached hydrogen (secondary N) is 2. The predicted octanol–water partition coefficient (Wildman–Crippen LogP) is 3.68. The van der Waals surface area contributed by atoms with Gasteiger partial charge in [0, 0.05) is 11.4 Å². The number of thiophene rings is 1. The van der Waals surface area contributed by atoms with E-state index in [1.54, 1.807) is 12.1 Å². The fourth-order valence-corrected chi connectivity index (χ4v) is 4.79. The molecule has 0 bridgehead atoms. The highest BCUT2D eigenvalue weighted by atomic mass is 32.2. The molecule has 0 radical (unpaired) electrons. The summed E-state index contributed by atoms with van der Waals surface area (Å²) < 4.78 is 0. The lowest BCUT2D eigenvalue weighted by molar-refractivity contribution is -0.120. The third kappa shape index (κ3) is 5.39. The lowest BCUT2D eigenvalue weighted by Gasteiger charge is -2.12. The third-order valence-corrected chi connectivity index (χ3v) is 7.06. The number of hydrogen-bond donors (Lipinski definition) is 3. The van der Waals surface area contributed by atoms with Gasteiger partial charge in [0.2, 0.25) is 5.91 Å². The standard InChI is InChI=1S/C21H25N3O3S2/c1-12-13(2)29-21-18(12)20(27)23-17(24-21)11-28-14(3)19(26)22-10-4-5-15-6-8-16(25)9-7-15/h6-9,14,25H,4-5,10-11H2,1-3H3,(H,22,26)(H,23,24,27). The van der Waals surface area contributed by atoms with Gasteiger partial charge in [-0.25, -0.2) is 4.98 Å². The summed E-state index contributed by atoms with van der Waals surface area (Å²) in [5.74, 6) is 1.31. The summed E-state index contributed by atoms with van der Waals surface area (Å²) in [5, 5.41) is 12.7. The van der Waals surface area contributed by atoms with E-state index in [1.165, 1.54) is 23.1 Å². The summed E-state index contributed by atoms with van der Waals surface area (Å²) in [7, 11) is 0. The molecule has 1 aromatic carbocycles. The van der Waals surface area contributed by atoms with Crippen molar-refractivity contribution in [3.63, 3.8) is 0 Å². The Morgan fingerprint density at radius 3 is 2.76 bits per heavy atom. The van der Waals surface area contributed by atoms with Crippen molar-refractivity contribution in [1.29, 1.82) is 0 Å². The Balaban J connectivity index is 1.46. The SMILES string of the molecule is Cc1sc2nc(CSC(C)C(=O)NCCCc3ccc(O)cc3)[nH]c(=O)c2c1C. The van der Waals surface area contributed by atoms with Crippen LogP contribution in [0.4, 0.5) is 0 Å². The Morgan fingerprint density at radius 1 is 1.31 bits per heavy atom. The number of fused-ring (bicyclic) bond motifs is 1. The maximum absolute atomic E-state index is 12.3. The molecule has 2 aromatic heterocycles. The number of thioether (sulfide) groups is 1. The van der Waals surface area contributed by atoms with Crippen LogP contribution in [-0.4, -0.2) is 32.8 Å². The van der Waals surface area contributed by atoms with Gasteiger partial charge in [0.1, 0.15) is 16.4 Å². The van der Waals surface area contributed by atoms with Crippen LogP contribution in [0.15, 0.2) is 29.1 Å². The first-order valence-electron chi connectivity index (χ1n) is 9.51. The van der Waals surface area contributed by atoms with Gasteiger partial charge in [-0.05, 0) is 56.9 Å². The molecule has 0 fully saturated rings. The molecule has 8 heteroatoms. The molecule has 3 aromatic rings. The van der Waals surface area contributed by atoms with Crippen molar-refractivity contribution < 1.29 is 9.90 Å². The summed E-state index contributed by atoms with van der Waals surface area (Å²) >= 11 is 2.98. The topological polar surface area (TPSA) is 95.1 Å². The normalized spacial score (nSPS) is 12.2. The summed E-state index contributed by atoms with van der Waals surface area (Å²) in [6, 6.07) is 7.11. The maximum Gasteiger partial charge on any atom is 0.259 e. The number of nitrogens with zero attached hydrogens (tertiary/aromatic N) is 1. The van der Waals surface area contributed by atoms with Crippen LogP contribution in [0.1, 0.15) is 35.2 Å². The largest absolute Gasteiger partial charge is 0.508 e. The summed E-state index contributed by atoms with van der Waals surface area (Å²) in [6.07, 6.45) is 1.67. The number of aromatic hydroxyl groups is 1. The van der Waals surface area contributed by atoms with Gasteiger partial charge >= 0.3 is 0 Å². The lowest BCUT2D eigenvalue weighted by atomic mass is 10.1. The molecule has 0 saturated heterocycles. The predicted molar refractivity (Wildman–Crippen MR) is 120 cm³/mol. The zero-order chi connectivity index (χ0) is 21.0. The third-order valence-electron chi connectivity index (χ3n) is 4.81. The van der Waals surface area contributed by atoms with Gasteiger partial charge in [0.25, 0.3) is 5.56 Å². The van der Waals surface area contributed by atoms with Crippen LogP contribution in [0.3, 0.4) is 0 Å². The van der Waals surface area contributed by atoms with E-state index in [2.05, 4.69) is 15.3 Å². The monoisotopic (exact) mass is 431 g/mol. The first-order chi connectivity index (χ1) is 13.8. The Morgan fingerprint density at radius 2 is 2.03 bits per heavy atom. The number of H-pyrrole nitrogens is 1. The molecule has 0 aliphatic rings. The summed E-state index contributed by atoms with van der Waals surface area (Å²) in [5.41, 5.74) is 2.00. The molecule has 1 atom stereocenters. The van der Waals surface area contributed by atoms with E-state index in [0.717, 1.165) is 33.7 Å². The molecule has 1 amide bonds. The van der Waals surface area contributed by atoms with Crippen LogP contribution in [0.25, 0.3) is 10.2 Å². The van der Waals surface area contributed by atoms with E-state index in [9.17, 15) is 14.7 Å². The van der Waals surface area contributed by atoms with Gasteiger partial charge in [-0.2, -0.15) is 0 Å². The van der Waals surface area contributed by atoms with Gasteiger partial charge in [0.05, 0.1) is 16.4 Å². The number of phenolic OH excluding ortho intramolecular Hbond substituents is 1. The first-order valence-corrected chi connectivity index (χ1v) is 11.4. The van der Waals surface area contributed by atoms with Crippen molar-refractivity contribution in [2.45, 2.75) is 44.6 Å². The second kappa shape index (κ2) is 9.45. The Hall–Kier alpha value is -2.32. The quantitative estimate of drug-likeness (QED) is 0.473. The number of rotatable bonds is 8. The number of aromatic nitrogens is 2. The van der Waals surface area contributed by atoms with Crippen LogP contribution in [0, 0.1) is 13.8 Å². The van der Waals surface area contributed by atoms with E-state index in [1.807, 2.05) is 32.9 Å². The van der Waals surface area contributed by atoms with Crippen molar-refractivity contribution in [2.75, 3.05) is 6.54 Å². The average Bonchev–Trinajstić information content (AvgIpc) is 2.98. The highest BCUT2D eigenvalue weighted by molar-refractivity contribution is 7.99. The second-order valence-electron chi connectivity index (χ2n) is 6.99. The van der Waals surface area contributed by atoms with Gasteiger partial charge in [-0.15, -0.1) is 23.1 Å². The number of phenols is 1. The molecule has 29 heavy (non-hydrogen) atoms. The molecule has 3 N–H and O–H groups in total. The van der Waals surface area contributed by atoms with E-state index >= 15 is 0 Å². The number of carbonyl (C=O) groups is 1. The number of carbonyl (C=O) groups excluding carboxylic acids is 1. The van der Waals surface area contributed by atoms with Crippen molar-refractivity contribution in [2.24, 2.45) is 0 Å². The number of amides is 1. The minimum atomic E-state index is -0.239.